The summed E-state index contributed by atoms with van der Waals surface area (Å²) in [5, 5.41) is 13.2. The summed E-state index contributed by atoms with van der Waals surface area (Å²) in [6.45, 7) is 3.46. The lowest BCUT2D eigenvalue weighted by atomic mass is 10.2. The smallest absolute Gasteiger partial charge is 0.291 e. The number of hydroxylamine groups is 1. The van der Waals surface area contributed by atoms with Gasteiger partial charge in [-0.05, 0) is 30.3 Å². The fourth-order valence-electron chi connectivity index (χ4n) is 3.65. The van der Waals surface area contributed by atoms with Crippen LogP contribution < -0.4 is 15.7 Å². The number of rotatable bonds is 5. The highest BCUT2D eigenvalue weighted by atomic mass is 35.5. The number of fused-ring (bicyclic) bond motifs is 1. The van der Waals surface area contributed by atoms with Gasteiger partial charge in [-0.15, -0.1) is 0 Å². The number of hydrogen-bond acceptors (Lipinski definition) is 5. The minimum atomic E-state index is -0.618. The normalized spacial score (nSPS) is 14.7. The van der Waals surface area contributed by atoms with Gasteiger partial charge in [0, 0.05) is 42.8 Å². The number of nitrogens with one attached hydrogen (secondary N) is 3. The zero-order chi connectivity index (χ0) is 21.1. The quantitative estimate of drug-likeness (QED) is 0.370. The Labute approximate surface area is 178 Å². The molecule has 4 rings (SSSR count). The number of carbonyl (C=O) groups is 2. The molecule has 0 atom stereocenters. The Bertz CT molecular complexity index is 1080. The van der Waals surface area contributed by atoms with E-state index in [1.54, 1.807) is 29.7 Å². The Morgan fingerprint density at radius 1 is 1.07 bits per heavy atom. The number of halogens is 1. The third-order valence-electron chi connectivity index (χ3n) is 5.19. The summed E-state index contributed by atoms with van der Waals surface area (Å²) < 4.78 is 0. The van der Waals surface area contributed by atoms with Crippen molar-refractivity contribution in [3.63, 3.8) is 0 Å². The first-order chi connectivity index (χ1) is 14.5. The van der Waals surface area contributed by atoms with Gasteiger partial charge in [0.2, 0.25) is 5.91 Å². The second-order valence-corrected chi connectivity index (χ2v) is 7.60. The van der Waals surface area contributed by atoms with E-state index in [1.165, 1.54) is 0 Å². The molecule has 9 heteroatoms. The standard InChI is InChI=1S/C21H22ClN5O3/c22-16-3-1-2-4-19(16)27-9-7-26(8-10-27)13-20(28)23-15-6-5-14-11-18(21(29)25-30)24-17(14)12-15/h1-6,11-12,24,30H,7-10,13H2,(H,23,28)(H,25,29). The van der Waals surface area contributed by atoms with E-state index in [4.69, 9.17) is 16.8 Å². The Morgan fingerprint density at radius 2 is 1.83 bits per heavy atom. The molecule has 0 radical (unpaired) electrons. The number of benzene rings is 2. The average Bonchev–Trinajstić information content (AvgIpc) is 3.17. The highest BCUT2D eigenvalue weighted by Crippen LogP contribution is 2.26. The summed E-state index contributed by atoms with van der Waals surface area (Å²) >= 11 is 6.28. The van der Waals surface area contributed by atoms with Gasteiger partial charge >= 0.3 is 0 Å². The van der Waals surface area contributed by atoms with Crippen LogP contribution in [0.25, 0.3) is 10.9 Å². The summed E-state index contributed by atoms with van der Waals surface area (Å²) in [6.07, 6.45) is 0. The average molecular weight is 428 g/mol. The molecule has 3 aromatic rings. The molecule has 1 saturated heterocycles. The maximum Gasteiger partial charge on any atom is 0.291 e. The molecular formula is C21H22ClN5O3. The monoisotopic (exact) mass is 427 g/mol. The van der Waals surface area contributed by atoms with Gasteiger partial charge in [-0.25, -0.2) is 5.48 Å². The second kappa shape index (κ2) is 8.74. The maximum atomic E-state index is 12.5. The fraction of sp³-hybridized carbons (Fsp3) is 0.238. The number of piperazine rings is 1. The molecule has 1 aromatic heterocycles. The first-order valence-corrected chi connectivity index (χ1v) is 10.00. The molecule has 0 spiro atoms. The van der Waals surface area contributed by atoms with Crippen LogP contribution in [0.1, 0.15) is 10.5 Å². The van der Waals surface area contributed by atoms with E-state index in [1.807, 2.05) is 24.3 Å². The number of H-pyrrole nitrogens is 1. The van der Waals surface area contributed by atoms with E-state index < -0.39 is 5.91 Å². The summed E-state index contributed by atoms with van der Waals surface area (Å²) in [5.41, 5.74) is 4.20. The molecular weight excluding hydrogens is 406 g/mol. The van der Waals surface area contributed by atoms with E-state index in [-0.39, 0.29) is 11.6 Å². The van der Waals surface area contributed by atoms with Crippen LogP contribution >= 0.6 is 11.6 Å². The molecule has 1 aliphatic rings. The molecule has 2 amide bonds. The third-order valence-corrected chi connectivity index (χ3v) is 5.50. The first-order valence-electron chi connectivity index (χ1n) is 9.62. The minimum Gasteiger partial charge on any atom is -0.368 e. The highest BCUT2D eigenvalue weighted by Gasteiger charge is 2.20. The molecule has 2 heterocycles. The lowest BCUT2D eigenvalue weighted by Crippen LogP contribution is -2.48. The van der Waals surface area contributed by atoms with Crippen LogP contribution in [0.2, 0.25) is 5.02 Å². The number of hydrogen-bond donors (Lipinski definition) is 4. The largest absolute Gasteiger partial charge is 0.368 e. The number of carbonyl (C=O) groups excluding carboxylic acids is 2. The van der Waals surface area contributed by atoms with Crippen molar-refractivity contribution in [1.29, 1.82) is 0 Å². The molecule has 4 N–H and O–H groups in total. The summed E-state index contributed by atoms with van der Waals surface area (Å²) in [6, 6.07) is 14.8. The van der Waals surface area contributed by atoms with Crippen LogP contribution in [-0.2, 0) is 4.79 Å². The van der Waals surface area contributed by atoms with Gasteiger partial charge in [0.1, 0.15) is 5.69 Å². The van der Waals surface area contributed by atoms with Gasteiger partial charge in [-0.3, -0.25) is 19.7 Å². The number of anilines is 2. The number of aromatic amines is 1. The minimum absolute atomic E-state index is 0.0968. The van der Waals surface area contributed by atoms with Crippen molar-refractivity contribution in [3.8, 4) is 0 Å². The molecule has 156 valence electrons. The summed E-state index contributed by atoms with van der Waals surface area (Å²) in [5.74, 6) is -0.715. The Balaban J connectivity index is 1.33. The van der Waals surface area contributed by atoms with E-state index in [0.717, 1.165) is 42.3 Å². The molecule has 1 aliphatic heterocycles. The number of nitrogens with zero attached hydrogens (tertiary/aromatic N) is 2. The predicted molar refractivity (Wildman–Crippen MR) is 116 cm³/mol. The van der Waals surface area contributed by atoms with E-state index in [9.17, 15) is 9.59 Å². The predicted octanol–water partition coefficient (Wildman–Crippen LogP) is 2.70. The topological polar surface area (TPSA) is 101 Å². The van der Waals surface area contributed by atoms with Crippen LogP contribution in [0.3, 0.4) is 0 Å². The van der Waals surface area contributed by atoms with E-state index >= 15 is 0 Å². The zero-order valence-electron chi connectivity index (χ0n) is 16.2. The van der Waals surface area contributed by atoms with Gasteiger partial charge in [0.15, 0.2) is 0 Å². The van der Waals surface area contributed by atoms with E-state index in [0.29, 0.717) is 17.7 Å². The van der Waals surface area contributed by atoms with Gasteiger partial charge in [-0.1, -0.05) is 29.8 Å². The second-order valence-electron chi connectivity index (χ2n) is 7.19. The van der Waals surface area contributed by atoms with Crippen LogP contribution in [0, 0.1) is 0 Å². The van der Waals surface area contributed by atoms with Crippen molar-refractivity contribution in [2.45, 2.75) is 0 Å². The lowest BCUT2D eigenvalue weighted by Gasteiger charge is -2.36. The number of para-hydroxylation sites is 1. The van der Waals surface area contributed by atoms with Gasteiger partial charge in [-0.2, -0.15) is 0 Å². The highest BCUT2D eigenvalue weighted by molar-refractivity contribution is 6.33. The van der Waals surface area contributed by atoms with Crippen molar-refractivity contribution in [2.24, 2.45) is 0 Å². The van der Waals surface area contributed by atoms with E-state index in [2.05, 4.69) is 20.1 Å². The Morgan fingerprint density at radius 3 is 2.57 bits per heavy atom. The van der Waals surface area contributed by atoms with Crippen molar-refractivity contribution in [3.05, 3.63) is 59.2 Å². The van der Waals surface area contributed by atoms with Gasteiger partial charge in [0.05, 0.1) is 17.3 Å². The van der Waals surface area contributed by atoms with Crippen molar-refractivity contribution in [1.82, 2.24) is 15.4 Å². The van der Waals surface area contributed by atoms with Gasteiger partial charge in [0.25, 0.3) is 5.91 Å². The van der Waals surface area contributed by atoms with Crippen molar-refractivity contribution < 1.29 is 14.8 Å². The Kier molecular flexibility index (Phi) is 5.89. The SMILES string of the molecule is O=C(CN1CCN(c2ccccc2Cl)CC1)Nc1ccc2cc(C(=O)NO)[nH]c2c1. The molecule has 2 aromatic carbocycles. The van der Waals surface area contributed by atoms with Crippen LogP contribution in [0.5, 0.6) is 0 Å². The van der Waals surface area contributed by atoms with Gasteiger partial charge < -0.3 is 15.2 Å². The van der Waals surface area contributed by atoms with Crippen LogP contribution in [0.15, 0.2) is 48.5 Å². The molecule has 30 heavy (non-hydrogen) atoms. The third kappa shape index (κ3) is 4.40. The first kappa shape index (κ1) is 20.2. The molecule has 0 bridgehead atoms. The number of aromatic nitrogens is 1. The molecule has 0 unspecified atom stereocenters. The Hall–Kier alpha value is -3.07. The van der Waals surface area contributed by atoms with Crippen molar-refractivity contribution >= 4 is 45.7 Å². The van der Waals surface area contributed by atoms with Crippen LogP contribution in [0.4, 0.5) is 11.4 Å². The fourth-order valence-corrected chi connectivity index (χ4v) is 3.90. The molecule has 0 aliphatic carbocycles. The van der Waals surface area contributed by atoms with Crippen LogP contribution in [-0.4, -0.2) is 59.6 Å². The van der Waals surface area contributed by atoms with Crippen molar-refractivity contribution in [2.75, 3.05) is 42.9 Å². The lowest BCUT2D eigenvalue weighted by molar-refractivity contribution is -0.117. The molecule has 1 fully saturated rings. The molecule has 8 nitrogen and oxygen atoms in total. The number of amides is 2. The summed E-state index contributed by atoms with van der Waals surface area (Å²) in [4.78, 5) is 31.3. The maximum absolute atomic E-state index is 12.5. The summed E-state index contributed by atoms with van der Waals surface area (Å²) in [7, 11) is 0. The molecule has 0 saturated carbocycles. The zero-order valence-corrected chi connectivity index (χ0v) is 16.9.